The van der Waals surface area contributed by atoms with Gasteiger partial charge in [0.1, 0.15) is 5.75 Å². The first-order chi connectivity index (χ1) is 9.92. The molecule has 0 aliphatic heterocycles. The summed E-state index contributed by atoms with van der Waals surface area (Å²) in [5, 5.41) is 11.9. The number of carbonyl (C=O) groups is 2. The van der Waals surface area contributed by atoms with Gasteiger partial charge in [0.25, 0.3) is 5.91 Å². The summed E-state index contributed by atoms with van der Waals surface area (Å²) in [5.41, 5.74) is 0.976. The lowest BCUT2D eigenvalue weighted by molar-refractivity contribution is -0.137. The summed E-state index contributed by atoms with van der Waals surface area (Å²) in [7, 11) is 0. The molecule has 0 aliphatic carbocycles. The van der Waals surface area contributed by atoms with Crippen molar-refractivity contribution >= 4 is 23.5 Å². The Labute approximate surface area is 129 Å². The fourth-order valence-corrected chi connectivity index (χ4v) is 2.09. The molecule has 0 aliphatic rings. The normalized spacial score (nSPS) is 11.8. The van der Waals surface area contributed by atoms with Gasteiger partial charge in [-0.15, -0.1) is 0 Å². The van der Waals surface area contributed by atoms with Gasteiger partial charge < -0.3 is 15.2 Å². The van der Waals surface area contributed by atoms with Gasteiger partial charge in [-0.05, 0) is 31.0 Å². The Hall–Kier alpha value is -1.75. The smallest absolute Gasteiger partial charge is 0.305 e. The Kier molecular flexibility index (Phi) is 7.02. The quantitative estimate of drug-likeness (QED) is 0.774. The minimum atomic E-state index is -0.934. The molecule has 0 saturated carbocycles. The van der Waals surface area contributed by atoms with Gasteiger partial charge >= 0.3 is 5.97 Å². The van der Waals surface area contributed by atoms with Crippen molar-refractivity contribution in [2.45, 2.75) is 39.2 Å². The van der Waals surface area contributed by atoms with E-state index in [2.05, 4.69) is 5.32 Å². The average Bonchev–Trinajstić information content (AvgIpc) is 2.39. The minimum absolute atomic E-state index is 0.0925. The van der Waals surface area contributed by atoms with Crippen LogP contribution >= 0.6 is 11.6 Å². The number of carboxylic acids is 1. The van der Waals surface area contributed by atoms with E-state index in [9.17, 15) is 9.59 Å². The van der Waals surface area contributed by atoms with Gasteiger partial charge in [-0.3, -0.25) is 9.59 Å². The Bertz CT molecular complexity index is 504. The van der Waals surface area contributed by atoms with Crippen LogP contribution in [0.25, 0.3) is 0 Å². The highest BCUT2D eigenvalue weighted by Gasteiger charge is 2.15. The van der Waals surface area contributed by atoms with Gasteiger partial charge in [0, 0.05) is 6.04 Å². The number of hydrogen-bond donors (Lipinski definition) is 2. The maximum atomic E-state index is 11.8. The first-order valence-corrected chi connectivity index (χ1v) is 7.20. The van der Waals surface area contributed by atoms with Crippen LogP contribution in [0.15, 0.2) is 18.2 Å². The van der Waals surface area contributed by atoms with Crippen molar-refractivity contribution in [1.82, 2.24) is 5.32 Å². The highest BCUT2D eigenvalue weighted by atomic mass is 35.5. The third kappa shape index (κ3) is 6.49. The predicted octanol–water partition coefficient (Wildman–Crippen LogP) is 2.79. The van der Waals surface area contributed by atoms with Crippen LogP contribution in [0.2, 0.25) is 5.02 Å². The largest absolute Gasteiger partial charge is 0.482 e. The molecule has 1 rings (SSSR count). The minimum Gasteiger partial charge on any atom is -0.482 e. The SMILES string of the molecule is CCCC(CC(=O)O)NC(=O)COc1cc(C)ccc1Cl. The maximum absolute atomic E-state index is 11.8. The number of carboxylic acid groups (broad SMARTS) is 1. The van der Waals surface area contributed by atoms with Crippen LogP contribution in [-0.2, 0) is 9.59 Å². The fourth-order valence-electron chi connectivity index (χ4n) is 1.92. The van der Waals surface area contributed by atoms with E-state index < -0.39 is 5.97 Å². The maximum Gasteiger partial charge on any atom is 0.305 e. The number of hydrogen-bond acceptors (Lipinski definition) is 3. The van der Waals surface area contributed by atoms with Crippen molar-refractivity contribution in [1.29, 1.82) is 0 Å². The van der Waals surface area contributed by atoms with Gasteiger partial charge in [-0.2, -0.15) is 0 Å². The van der Waals surface area contributed by atoms with Crippen molar-refractivity contribution in [3.63, 3.8) is 0 Å². The topological polar surface area (TPSA) is 75.6 Å². The molecule has 1 atom stereocenters. The third-order valence-electron chi connectivity index (χ3n) is 2.87. The number of amides is 1. The lowest BCUT2D eigenvalue weighted by atomic mass is 10.1. The molecule has 0 spiro atoms. The fraction of sp³-hybridized carbons (Fsp3) is 0.467. The van der Waals surface area contributed by atoms with Crippen molar-refractivity contribution in [2.24, 2.45) is 0 Å². The summed E-state index contributed by atoms with van der Waals surface area (Å²) in [4.78, 5) is 22.5. The number of nitrogens with one attached hydrogen (secondary N) is 1. The highest BCUT2D eigenvalue weighted by Crippen LogP contribution is 2.25. The number of rotatable bonds is 8. The summed E-state index contributed by atoms with van der Waals surface area (Å²) < 4.78 is 5.37. The van der Waals surface area contributed by atoms with Crippen LogP contribution < -0.4 is 10.1 Å². The Morgan fingerprint density at radius 2 is 2.14 bits per heavy atom. The van der Waals surface area contributed by atoms with Crippen LogP contribution in [-0.4, -0.2) is 29.6 Å². The second kappa shape index (κ2) is 8.52. The van der Waals surface area contributed by atoms with E-state index in [4.69, 9.17) is 21.4 Å². The van der Waals surface area contributed by atoms with Gasteiger partial charge in [0.05, 0.1) is 11.4 Å². The molecule has 1 aromatic carbocycles. The number of ether oxygens (including phenoxy) is 1. The lowest BCUT2D eigenvalue weighted by Crippen LogP contribution is -2.39. The molecule has 21 heavy (non-hydrogen) atoms. The zero-order valence-electron chi connectivity index (χ0n) is 12.2. The molecule has 0 heterocycles. The second-order valence-electron chi connectivity index (χ2n) is 4.87. The van der Waals surface area contributed by atoms with Crippen LogP contribution in [0, 0.1) is 6.92 Å². The molecule has 0 radical (unpaired) electrons. The van der Waals surface area contributed by atoms with Crippen LogP contribution in [0.5, 0.6) is 5.75 Å². The molecule has 0 saturated heterocycles. The molecule has 1 unspecified atom stereocenters. The molecule has 2 N–H and O–H groups in total. The second-order valence-corrected chi connectivity index (χ2v) is 5.28. The average molecular weight is 314 g/mol. The lowest BCUT2D eigenvalue weighted by Gasteiger charge is -2.16. The number of aryl methyl sites for hydroxylation is 1. The van der Waals surface area contributed by atoms with E-state index in [0.29, 0.717) is 17.2 Å². The molecular formula is C15H20ClNO4. The first kappa shape index (κ1) is 17.3. The zero-order valence-corrected chi connectivity index (χ0v) is 12.9. The van der Waals surface area contributed by atoms with E-state index >= 15 is 0 Å². The summed E-state index contributed by atoms with van der Waals surface area (Å²) in [5.74, 6) is -0.847. The van der Waals surface area contributed by atoms with E-state index in [1.807, 2.05) is 19.9 Å². The van der Waals surface area contributed by atoms with Crippen molar-refractivity contribution in [2.75, 3.05) is 6.61 Å². The molecule has 0 fully saturated rings. The molecule has 1 aromatic rings. The molecule has 5 nitrogen and oxygen atoms in total. The van der Waals surface area contributed by atoms with Crippen molar-refractivity contribution in [3.05, 3.63) is 28.8 Å². The van der Waals surface area contributed by atoms with Crippen LogP contribution in [0.1, 0.15) is 31.7 Å². The monoisotopic (exact) mass is 313 g/mol. The summed E-state index contributed by atoms with van der Waals surface area (Å²) in [6.07, 6.45) is 1.32. The molecule has 1 amide bonds. The van der Waals surface area contributed by atoms with E-state index in [0.717, 1.165) is 12.0 Å². The zero-order chi connectivity index (χ0) is 15.8. The Morgan fingerprint density at radius 1 is 1.43 bits per heavy atom. The summed E-state index contributed by atoms with van der Waals surface area (Å²) >= 11 is 5.97. The first-order valence-electron chi connectivity index (χ1n) is 6.82. The van der Waals surface area contributed by atoms with Crippen LogP contribution in [0.3, 0.4) is 0 Å². The van der Waals surface area contributed by atoms with Gasteiger partial charge in [-0.25, -0.2) is 0 Å². The number of benzene rings is 1. The molecule has 116 valence electrons. The molecular weight excluding hydrogens is 294 g/mol. The van der Waals surface area contributed by atoms with Gasteiger partial charge in [-0.1, -0.05) is 31.0 Å². The molecule has 0 aromatic heterocycles. The van der Waals surface area contributed by atoms with E-state index in [1.54, 1.807) is 12.1 Å². The predicted molar refractivity (Wildman–Crippen MR) is 80.8 cm³/mol. The van der Waals surface area contributed by atoms with E-state index in [-0.39, 0.29) is 25.0 Å². The van der Waals surface area contributed by atoms with Gasteiger partial charge in [0.2, 0.25) is 0 Å². The number of aliphatic carboxylic acids is 1. The molecule has 6 heteroatoms. The molecule has 0 bridgehead atoms. The Morgan fingerprint density at radius 3 is 2.76 bits per heavy atom. The number of halogens is 1. The summed E-state index contributed by atoms with van der Waals surface area (Å²) in [6.45, 7) is 3.64. The van der Waals surface area contributed by atoms with Gasteiger partial charge in [0.15, 0.2) is 6.61 Å². The number of carbonyl (C=O) groups excluding carboxylic acids is 1. The Balaban J connectivity index is 2.52. The van der Waals surface area contributed by atoms with E-state index in [1.165, 1.54) is 0 Å². The van der Waals surface area contributed by atoms with Crippen molar-refractivity contribution in [3.8, 4) is 5.75 Å². The van der Waals surface area contributed by atoms with Crippen molar-refractivity contribution < 1.29 is 19.4 Å². The summed E-state index contributed by atoms with van der Waals surface area (Å²) in [6, 6.07) is 4.92. The standard InChI is InChI=1S/C15H20ClNO4/c1-3-4-11(8-15(19)20)17-14(18)9-21-13-7-10(2)5-6-12(13)16/h5-7,11H,3-4,8-9H2,1-2H3,(H,17,18)(H,19,20). The van der Waals surface area contributed by atoms with Crippen LogP contribution in [0.4, 0.5) is 0 Å². The third-order valence-corrected chi connectivity index (χ3v) is 3.18. The highest BCUT2D eigenvalue weighted by molar-refractivity contribution is 6.32.